The number of nitrogens with one attached hydrogen (secondary N) is 1. The van der Waals surface area contributed by atoms with E-state index in [0.717, 1.165) is 41.7 Å². The van der Waals surface area contributed by atoms with Gasteiger partial charge in [0.2, 0.25) is 5.82 Å². The Morgan fingerprint density at radius 2 is 1.78 bits per heavy atom. The van der Waals surface area contributed by atoms with Gasteiger partial charge in [0.15, 0.2) is 0 Å². The largest absolute Gasteiger partial charge is 0.494 e. The quantitative estimate of drug-likeness (QED) is 0.408. The van der Waals surface area contributed by atoms with E-state index in [1.54, 1.807) is 0 Å². The maximum Gasteiger partial charge on any atom is 0.258 e. The second kappa shape index (κ2) is 9.04. The summed E-state index contributed by atoms with van der Waals surface area (Å²) >= 11 is 0. The predicted octanol–water partition coefficient (Wildman–Crippen LogP) is 5.28. The fourth-order valence-corrected chi connectivity index (χ4v) is 4.39. The van der Waals surface area contributed by atoms with Crippen LogP contribution in [0.25, 0.3) is 33.7 Å². The van der Waals surface area contributed by atoms with E-state index in [-0.39, 0.29) is 0 Å². The van der Waals surface area contributed by atoms with Gasteiger partial charge in [-0.3, -0.25) is 4.90 Å². The highest BCUT2D eigenvalue weighted by Crippen LogP contribution is 2.34. The van der Waals surface area contributed by atoms with Gasteiger partial charge in [-0.2, -0.15) is 4.98 Å². The van der Waals surface area contributed by atoms with Crippen molar-refractivity contribution in [2.45, 2.75) is 33.2 Å². The number of rotatable bonds is 8. The summed E-state index contributed by atoms with van der Waals surface area (Å²) in [5.41, 5.74) is 4.09. The number of H-pyrrole nitrogens is 1. The lowest BCUT2D eigenvalue weighted by Gasteiger charge is -2.14. The molecule has 1 saturated heterocycles. The van der Waals surface area contributed by atoms with Crippen LogP contribution in [0.5, 0.6) is 11.5 Å². The lowest BCUT2D eigenvalue weighted by atomic mass is 10.1. The molecule has 1 aliphatic heterocycles. The molecule has 5 rings (SSSR count). The molecular formula is C25H28N4O3. The van der Waals surface area contributed by atoms with E-state index in [1.807, 2.05) is 38.1 Å². The highest BCUT2D eigenvalue weighted by molar-refractivity contribution is 5.96. The molecule has 0 unspecified atom stereocenters. The maximum atomic E-state index is 5.69. The van der Waals surface area contributed by atoms with Gasteiger partial charge in [-0.1, -0.05) is 17.3 Å². The molecule has 2 aromatic carbocycles. The molecule has 0 saturated carbocycles. The monoisotopic (exact) mass is 432 g/mol. The van der Waals surface area contributed by atoms with Gasteiger partial charge in [0.05, 0.1) is 13.2 Å². The highest BCUT2D eigenvalue weighted by atomic mass is 16.5. The third-order valence-electron chi connectivity index (χ3n) is 5.80. The number of aromatic nitrogens is 3. The van der Waals surface area contributed by atoms with Crippen molar-refractivity contribution in [1.29, 1.82) is 0 Å². The zero-order valence-electron chi connectivity index (χ0n) is 18.6. The first-order valence-corrected chi connectivity index (χ1v) is 11.3. The minimum Gasteiger partial charge on any atom is -0.494 e. The van der Waals surface area contributed by atoms with Crippen molar-refractivity contribution in [1.82, 2.24) is 20.0 Å². The summed E-state index contributed by atoms with van der Waals surface area (Å²) in [4.78, 5) is 10.6. The summed E-state index contributed by atoms with van der Waals surface area (Å²) in [5, 5.41) is 5.48. The summed E-state index contributed by atoms with van der Waals surface area (Å²) in [7, 11) is 0. The number of benzene rings is 2. The van der Waals surface area contributed by atoms with Gasteiger partial charge in [0.25, 0.3) is 5.89 Å². The van der Waals surface area contributed by atoms with Crippen molar-refractivity contribution >= 4 is 10.9 Å². The van der Waals surface area contributed by atoms with Crippen molar-refractivity contribution < 1.29 is 14.0 Å². The van der Waals surface area contributed by atoms with E-state index in [1.165, 1.54) is 18.4 Å². The summed E-state index contributed by atoms with van der Waals surface area (Å²) in [6.45, 7) is 8.28. The molecule has 1 N–H and O–H groups in total. The average molecular weight is 433 g/mol. The molecule has 1 fully saturated rings. The zero-order valence-corrected chi connectivity index (χ0v) is 18.6. The lowest BCUT2D eigenvalue weighted by molar-refractivity contribution is 0.323. The molecular weight excluding hydrogens is 404 g/mol. The van der Waals surface area contributed by atoms with E-state index >= 15 is 0 Å². The maximum absolute atomic E-state index is 5.69. The number of hydrogen-bond donors (Lipinski definition) is 1. The van der Waals surface area contributed by atoms with E-state index in [9.17, 15) is 0 Å². The minimum atomic E-state index is 0.441. The number of aromatic amines is 1. The molecule has 4 aromatic rings. The Hall–Kier alpha value is -3.32. The molecule has 2 aromatic heterocycles. The van der Waals surface area contributed by atoms with E-state index in [2.05, 4.69) is 33.4 Å². The zero-order chi connectivity index (χ0) is 21.9. The number of nitrogens with zero attached hydrogens (tertiary/aromatic N) is 3. The van der Waals surface area contributed by atoms with Gasteiger partial charge in [-0.05, 0) is 63.5 Å². The molecule has 3 heterocycles. The van der Waals surface area contributed by atoms with Crippen LogP contribution in [0.2, 0.25) is 0 Å². The first-order valence-electron chi connectivity index (χ1n) is 11.3. The second-order valence-corrected chi connectivity index (χ2v) is 8.01. The summed E-state index contributed by atoms with van der Waals surface area (Å²) < 4.78 is 17.1. The predicted molar refractivity (Wildman–Crippen MR) is 124 cm³/mol. The van der Waals surface area contributed by atoms with Crippen molar-refractivity contribution in [3.8, 4) is 34.3 Å². The Bertz CT molecular complexity index is 1180. The molecule has 0 aliphatic carbocycles. The first kappa shape index (κ1) is 20.6. The normalized spacial score (nSPS) is 14.3. The van der Waals surface area contributed by atoms with Gasteiger partial charge < -0.3 is 19.0 Å². The molecule has 0 atom stereocenters. The Labute approximate surface area is 187 Å². The summed E-state index contributed by atoms with van der Waals surface area (Å²) in [6, 6.07) is 11.8. The average Bonchev–Trinajstić information content (AvgIpc) is 3.56. The summed E-state index contributed by atoms with van der Waals surface area (Å²) in [6.07, 6.45) is 4.65. The molecule has 0 radical (unpaired) electrons. The standard InChI is InChI=1S/C25H28N4O3/c1-3-30-19-12-17(13-20(14-19)31-4-2)25-27-24(28-32-25)21-8-7-9-22-23(21)18(15-26-22)16-29-10-5-6-11-29/h7-9,12-15,26H,3-6,10-11,16H2,1-2H3. The molecule has 7 heteroatoms. The van der Waals surface area contributed by atoms with Crippen LogP contribution in [-0.4, -0.2) is 46.3 Å². The van der Waals surface area contributed by atoms with E-state index in [0.29, 0.717) is 36.4 Å². The Morgan fingerprint density at radius 3 is 2.50 bits per heavy atom. The van der Waals surface area contributed by atoms with Crippen LogP contribution < -0.4 is 9.47 Å². The Kier molecular flexibility index (Phi) is 5.81. The van der Waals surface area contributed by atoms with Crippen LogP contribution >= 0.6 is 0 Å². The van der Waals surface area contributed by atoms with Crippen molar-refractivity contribution in [3.05, 3.63) is 48.2 Å². The van der Waals surface area contributed by atoms with Crippen LogP contribution in [0.15, 0.2) is 47.1 Å². The molecule has 0 bridgehead atoms. The molecule has 32 heavy (non-hydrogen) atoms. The van der Waals surface area contributed by atoms with E-state index in [4.69, 9.17) is 19.0 Å². The van der Waals surface area contributed by atoms with Crippen molar-refractivity contribution in [2.24, 2.45) is 0 Å². The number of hydrogen-bond acceptors (Lipinski definition) is 6. The Morgan fingerprint density at radius 1 is 1.03 bits per heavy atom. The molecule has 7 nitrogen and oxygen atoms in total. The summed E-state index contributed by atoms with van der Waals surface area (Å²) in [5.74, 6) is 2.45. The van der Waals surface area contributed by atoms with Crippen LogP contribution in [0.4, 0.5) is 0 Å². The van der Waals surface area contributed by atoms with Crippen LogP contribution in [0.1, 0.15) is 32.3 Å². The van der Waals surface area contributed by atoms with Crippen LogP contribution in [0.3, 0.4) is 0 Å². The molecule has 0 amide bonds. The number of fused-ring (bicyclic) bond motifs is 1. The second-order valence-electron chi connectivity index (χ2n) is 8.01. The smallest absolute Gasteiger partial charge is 0.258 e. The number of likely N-dealkylation sites (tertiary alicyclic amines) is 1. The van der Waals surface area contributed by atoms with Crippen molar-refractivity contribution in [2.75, 3.05) is 26.3 Å². The molecule has 1 aliphatic rings. The van der Waals surface area contributed by atoms with Gasteiger partial charge in [0.1, 0.15) is 11.5 Å². The third-order valence-corrected chi connectivity index (χ3v) is 5.80. The van der Waals surface area contributed by atoms with E-state index < -0.39 is 0 Å². The fourth-order valence-electron chi connectivity index (χ4n) is 4.39. The minimum absolute atomic E-state index is 0.441. The lowest BCUT2D eigenvalue weighted by Crippen LogP contribution is -2.18. The van der Waals surface area contributed by atoms with Gasteiger partial charge in [0, 0.05) is 40.8 Å². The van der Waals surface area contributed by atoms with Crippen molar-refractivity contribution in [3.63, 3.8) is 0 Å². The number of ether oxygens (including phenoxy) is 2. The fraction of sp³-hybridized carbons (Fsp3) is 0.360. The van der Waals surface area contributed by atoms with Gasteiger partial charge in [-0.25, -0.2) is 0 Å². The SMILES string of the molecule is CCOc1cc(OCC)cc(-c2nc(-c3cccc4[nH]cc(CN5CCCC5)c34)no2)c1. The Balaban J connectivity index is 1.52. The van der Waals surface area contributed by atoms with Crippen LogP contribution in [-0.2, 0) is 6.54 Å². The highest BCUT2D eigenvalue weighted by Gasteiger charge is 2.19. The molecule has 166 valence electrons. The van der Waals surface area contributed by atoms with Gasteiger partial charge >= 0.3 is 0 Å². The molecule has 0 spiro atoms. The van der Waals surface area contributed by atoms with Gasteiger partial charge in [-0.15, -0.1) is 0 Å². The van der Waals surface area contributed by atoms with Crippen LogP contribution in [0, 0.1) is 0 Å². The third kappa shape index (κ3) is 4.08. The topological polar surface area (TPSA) is 76.4 Å². The first-order chi connectivity index (χ1) is 15.7.